The highest BCUT2D eigenvalue weighted by molar-refractivity contribution is 7.99. The molecular weight excluding hydrogens is 292 g/mol. The van der Waals surface area contributed by atoms with Crippen molar-refractivity contribution in [1.29, 1.82) is 0 Å². The van der Waals surface area contributed by atoms with Crippen LogP contribution in [0.2, 0.25) is 0 Å². The Morgan fingerprint density at radius 2 is 2.05 bits per heavy atom. The lowest BCUT2D eigenvalue weighted by Crippen LogP contribution is -2.25. The van der Waals surface area contributed by atoms with Crippen molar-refractivity contribution in [3.63, 3.8) is 0 Å². The molecule has 0 unspecified atom stereocenters. The fraction of sp³-hybridized carbons (Fsp3) is 0.615. The predicted octanol–water partition coefficient (Wildman–Crippen LogP) is 2.29. The summed E-state index contributed by atoms with van der Waals surface area (Å²) in [6, 6.07) is 0. The van der Waals surface area contributed by atoms with Crippen molar-refractivity contribution in [3.05, 3.63) is 4.88 Å². The number of hydrogen-bond donors (Lipinski definition) is 3. The van der Waals surface area contributed by atoms with Gasteiger partial charge in [-0.1, -0.05) is 13.8 Å². The van der Waals surface area contributed by atoms with Gasteiger partial charge in [-0.25, -0.2) is 0 Å². The molecule has 1 aromatic rings. The number of amides is 1. The molecule has 0 saturated heterocycles. The van der Waals surface area contributed by atoms with Gasteiger partial charge < -0.3 is 21.7 Å². The zero-order valence-corrected chi connectivity index (χ0v) is 14.0. The fourth-order valence-corrected chi connectivity index (χ4v) is 3.89. The summed E-state index contributed by atoms with van der Waals surface area (Å²) in [4.78, 5) is 15.1. The molecule has 5 nitrogen and oxygen atoms in total. The molecule has 5 N–H and O–H groups in total. The molecule has 1 amide bonds. The number of nitrogens with two attached hydrogens (primary N) is 2. The number of carbonyl (C=O) groups is 1. The van der Waals surface area contributed by atoms with Gasteiger partial charge in [0.15, 0.2) is 0 Å². The van der Waals surface area contributed by atoms with Crippen LogP contribution in [0.4, 0.5) is 10.7 Å². The SMILES string of the molecule is CCN(CC)CCCNc1sc(C(N)=O)c(N)c1SC. The summed E-state index contributed by atoms with van der Waals surface area (Å²) in [6.45, 7) is 8.42. The summed E-state index contributed by atoms with van der Waals surface area (Å²) in [5.74, 6) is -0.459. The van der Waals surface area contributed by atoms with Crippen molar-refractivity contribution in [1.82, 2.24) is 4.90 Å². The molecule has 0 spiro atoms. The largest absolute Gasteiger partial charge is 0.396 e. The molecule has 0 aliphatic heterocycles. The van der Waals surface area contributed by atoms with Crippen LogP contribution < -0.4 is 16.8 Å². The monoisotopic (exact) mass is 316 g/mol. The molecule has 0 aromatic carbocycles. The summed E-state index contributed by atoms with van der Waals surface area (Å²) in [6.07, 6.45) is 3.00. The number of primary amides is 1. The van der Waals surface area contributed by atoms with Crippen LogP contribution in [-0.2, 0) is 0 Å². The number of thioether (sulfide) groups is 1. The second-order valence-corrected chi connectivity index (χ2v) is 6.22. The Kier molecular flexibility index (Phi) is 7.18. The van der Waals surface area contributed by atoms with Gasteiger partial charge in [0.05, 0.1) is 10.6 Å². The molecule has 114 valence electrons. The van der Waals surface area contributed by atoms with E-state index in [1.807, 2.05) is 6.26 Å². The number of nitrogens with one attached hydrogen (secondary N) is 1. The first-order chi connectivity index (χ1) is 9.54. The van der Waals surface area contributed by atoms with Crippen molar-refractivity contribution in [3.8, 4) is 0 Å². The Morgan fingerprint density at radius 1 is 1.40 bits per heavy atom. The van der Waals surface area contributed by atoms with Crippen molar-refractivity contribution in [2.75, 3.05) is 43.5 Å². The van der Waals surface area contributed by atoms with Gasteiger partial charge in [-0.15, -0.1) is 23.1 Å². The van der Waals surface area contributed by atoms with Crippen LogP contribution in [0.3, 0.4) is 0 Å². The number of rotatable bonds is 9. The van der Waals surface area contributed by atoms with Crippen molar-refractivity contribution in [2.45, 2.75) is 25.2 Å². The molecule has 1 rings (SSSR count). The van der Waals surface area contributed by atoms with E-state index in [4.69, 9.17) is 11.5 Å². The Morgan fingerprint density at radius 3 is 2.55 bits per heavy atom. The Hall–Kier alpha value is -0.920. The first-order valence-corrected chi connectivity index (χ1v) is 8.81. The first-order valence-electron chi connectivity index (χ1n) is 6.77. The zero-order valence-electron chi connectivity index (χ0n) is 12.4. The van der Waals surface area contributed by atoms with Gasteiger partial charge in [-0.3, -0.25) is 4.79 Å². The molecule has 0 radical (unpaired) electrons. The van der Waals surface area contributed by atoms with E-state index in [1.54, 1.807) is 0 Å². The minimum Gasteiger partial charge on any atom is -0.396 e. The number of anilines is 2. The summed E-state index contributed by atoms with van der Waals surface area (Å²) in [5.41, 5.74) is 11.8. The molecule has 20 heavy (non-hydrogen) atoms. The Balaban J connectivity index is 2.59. The normalized spacial score (nSPS) is 11.0. The fourth-order valence-electron chi connectivity index (χ4n) is 1.98. The Labute approximate surface area is 129 Å². The molecule has 0 fully saturated rings. The molecule has 1 heterocycles. The van der Waals surface area contributed by atoms with Gasteiger partial charge in [0.2, 0.25) is 0 Å². The van der Waals surface area contributed by atoms with Crippen molar-refractivity contribution >= 4 is 39.7 Å². The standard InChI is InChI=1S/C13H24N4OS2/c1-4-17(5-2)8-6-7-16-13-11(19-3)9(14)10(20-13)12(15)18/h16H,4-8,14H2,1-3H3,(H2,15,18). The van der Waals surface area contributed by atoms with Crippen LogP contribution in [0.5, 0.6) is 0 Å². The maximum atomic E-state index is 11.3. The van der Waals surface area contributed by atoms with E-state index in [2.05, 4.69) is 24.1 Å². The van der Waals surface area contributed by atoms with Gasteiger partial charge in [0.1, 0.15) is 9.88 Å². The van der Waals surface area contributed by atoms with E-state index >= 15 is 0 Å². The maximum absolute atomic E-state index is 11.3. The molecule has 7 heteroatoms. The van der Waals surface area contributed by atoms with E-state index in [9.17, 15) is 4.79 Å². The van der Waals surface area contributed by atoms with Crippen LogP contribution in [0.15, 0.2) is 4.90 Å². The quantitative estimate of drug-likeness (QED) is 0.481. The molecule has 0 aliphatic rings. The van der Waals surface area contributed by atoms with Crippen molar-refractivity contribution < 1.29 is 4.79 Å². The lowest BCUT2D eigenvalue weighted by atomic mass is 10.3. The van der Waals surface area contributed by atoms with E-state index in [1.165, 1.54) is 23.1 Å². The van der Waals surface area contributed by atoms with Crippen LogP contribution in [0.25, 0.3) is 0 Å². The predicted molar refractivity (Wildman–Crippen MR) is 89.9 cm³/mol. The van der Waals surface area contributed by atoms with Gasteiger partial charge in [-0.05, 0) is 32.3 Å². The van der Waals surface area contributed by atoms with Crippen LogP contribution >= 0.6 is 23.1 Å². The number of thiophene rings is 1. The molecular formula is C13H24N4OS2. The van der Waals surface area contributed by atoms with E-state index in [0.29, 0.717) is 10.6 Å². The summed E-state index contributed by atoms with van der Waals surface area (Å²) in [5, 5.41) is 4.31. The average Bonchev–Trinajstić information content (AvgIpc) is 2.75. The van der Waals surface area contributed by atoms with Crippen LogP contribution in [0.1, 0.15) is 29.9 Å². The third kappa shape index (κ3) is 4.29. The number of carbonyl (C=O) groups excluding carboxylic acids is 1. The van der Waals surface area contributed by atoms with Gasteiger partial charge in [0.25, 0.3) is 5.91 Å². The maximum Gasteiger partial charge on any atom is 0.261 e. The summed E-state index contributed by atoms with van der Waals surface area (Å²) in [7, 11) is 0. The topological polar surface area (TPSA) is 84.4 Å². The second-order valence-electron chi connectivity index (χ2n) is 4.38. The molecule has 0 atom stereocenters. The highest BCUT2D eigenvalue weighted by atomic mass is 32.2. The van der Waals surface area contributed by atoms with E-state index in [0.717, 1.165) is 42.5 Å². The van der Waals surface area contributed by atoms with Crippen LogP contribution in [0, 0.1) is 0 Å². The van der Waals surface area contributed by atoms with Crippen LogP contribution in [-0.4, -0.2) is 43.2 Å². The first kappa shape index (κ1) is 17.1. The van der Waals surface area contributed by atoms with Gasteiger partial charge in [-0.2, -0.15) is 0 Å². The molecule has 0 saturated carbocycles. The number of nitrogen functional groups attached to an aromatic ring is 1. The molecule has 0 bridgehead atoms. The summed E-state index contributed by atoms with van der Waals surface area (Å²) >= 11 is 2.88. The number of hydrogen-bond acceptors (Lipinski definition) is 6. The third-order valence-electron chi connectivity index (χ3n) is 3.16. The Bertz CT molecular complexity index is 444. The minimum absolute atomic E-state index is 0.445. The third-order valence-corrected chi connectivity index (χ3v) is 5.30. The van der Waals surface area contributed by atoms with E-state index in [-0.39, 0.29) is 0 Å². The average molecular weight is 316 g/mol. The van der Waals surface area contributed by atoms with Crippen molar-refractivity contribution in [2.24, 2.45) is 5.73 Å². The van der Waals surface area contributed by atoms with Gasteiger partial charge >= 0.3 is 0 Å². The smallest absolute Gasteiger partial charge is 0.261 e. The lowest BCUT2D eigenvalue weighted by Gasteiger charge is -2.17. The second kappa shape index (κ2) is 8.39. The number of nitrogens with zero attached hydrogens (tertiary/aromatic N) is 1. The van der Waals surface area contributed by atoms with E-state index < -0.39 is 5.91 Å². The lowest BCUT2D eigenvalue weighted by molar-refractivity contribution is 0.100. The molecule has 0 aliphatic carbocycles. The molecule has 1 aromatic heterocycles. The minimum atomic E-state index is -0.459. The summed E-state index contributed by atoms with van der Waals surface area (Å²) < 4.78 is 0. The highest BCUT2D eigenvalue weighted by Gasteiger charge is 2.18. The van der Waals surface area contributed by atoms with Gasteiger partial charge in [0, 0.05) is 6.54 Å². The highest BCUT2D eigenvalue weighted by Crippen LogP contribution is 2.41. The zero-order chi connectivity index (χ0) is 15.1.